The fraction of sp³-hybridized carbons (Fsp3) is 0.350. The Labute approximate surface area is 156 Å². The van der Waals surface area contributed by atoms with Gasteiger partial charge >= 0.3 is 9.28 Å². The monoisotopic (exact) mass is 374 g/mol. The summed E-state index contributed by atoms with van der Waals surface area (Å²) in [6.45, 7) is 2.09. The van der Waals surface area contributed by atoms with Gasteiger partial charge in [0.1, 0.15) is 0 Å². The Morgan fingerprint density at radius 3 is 2.31 bits per heavy atom. The van der Waals surface area contributed by atoms with Crippen LogP contribution in [0, 0.1) is 0 Å². The molecule has 0 amide bonds. The van der Waals surface area contributed by atoms with E-state index >= 15 is 0 Å². The molecule has 6 heteroatoms. The van der Waals surface area contributed by atoms with Crippen LogP contribution >= 0.6 is 0 Å². The van der Waals surface area contributed by atoms with Crippen LogP contribution in [-0.4, -0.2) is 41.5 Å². The second-order valence-corrected chi connectivity index (χ2v) is 8.53. The maximum atomic E-state index is 12.9. The third-order valence-electron chi connectivity index (χ3n) is 4.42. The number of hydrogen-bond acceptors (Lipinski definition) is 5. The van der Waals surface area contributed by atoms with Crippen LogP contribution in [-0.2, 0) is 8.85 Å². The topological polar surface area (TPSA) is 65.0 Å². The number of aromatic hydroxyl groups is 1. The molecule has 0 bridgehead atoms. The summed E-state index contributed by atoms with van der Waals surface area (Å²) in [4.78, 5) is 12.9. The zero-order chi connectivity index (χ0) is 19.1. The predicted octanol–water partition coefficient (Wildman–Crippen LogP) is 3.57. The molecule has 0 saturated carbocycles. The van der Waals surface area contributed by atoms with Gasteiger partial charge < -0.3 is 18.7 Å². The zero-order valence-corrected chi connectivity index (χ0v) is 16.8. The third-order valence-corrected chi connectivity index (χ3v) is 6.72. The summed E-state index contributed by atoms with van der Waals surface area (Å²) >= 11 is 0. The molecule has 0 heterocycles. The van der Waals surface area contributed by atoms with E-state index in [0.29, 0.717) is 5.56 Å². The van der Waals surface area contributed by atoms with Crippen molar-refractivity contribution in [2.75, 3.05) is 21.3 Å². The van der Waals surface area contributed by atoms with Crippen LogP contribution in [0.4, 0.5) is 0 Å². The molecule has 0 aliphatic carbocycles. The fourth-order valence-electron chi connectivity index (χ4n) is 3.11. The second kappa shape index (κ2) is 9.52. The summed E-state index contributed by atoms with van der Waals surface area (Å²) in [5.74, 6) is -0.109. The molecular formula is C20H26O5Si. The lowest BCUT2D eigenvalue weighted by Gasteiger charge is -2.24. The fourth-order valence-corrected chi connectivity index (χ4v) is 5.07. The number of rotatable bonds is 9. The van der Waals surface area contributed by atoms with E-state index in [-0.39, 0.29) is 28.4 Å². The van der Waals surface area contributed by atoms with Gasteiger partial charge in [0.05, 0.1) is 12.7 Å². The number of phenols is 1. The van der Waals surface area contributed by atoms with Crippen LogP contribution in [0.2, 0.25) is 0 Å². The SMILES string of the molecule is CCCC(c1cc(OC)c(O)c(C(=O)c2ccccc2)c1)[SiH](OC)OC. The van der Waals surface area contributed by atoms with Gasteiger partial charge in [0.25, 0.3) is 0 Å². The number of hydrogen-bond donors (Lipinski definition) is 1. The van der Waals surface area contributed by atoms with Crippen LogP contribution in [0.1, 0.15) is 46.8 Å². The minimum atomic E-state index is -1.97. The number of carbonyl (C=O) groups excluding carboxylic acids is 1. The molecule has 0 aliphatic rings. The van der Waals surface area contributed by atoms with E-state index in [1.54, 1.807) is 50.6 Å². The van der Waals surface area contributed by atoms with E-state index in [4.69, 9.17) is 13.6 Å². The van der Waals surface area contributed by atoms with Gasteiger partial charge in [-0.15, -0.1) is 0 Å². The number of phenolic OH excluding ortho intramolecular Hbond substituents is 1. The quantitative estimate of drug-likeness (QED) is 0.537. The molecule has 0 aromatic heterocycles. The molecular weight excluding hydrogens is 348 g/mol. The van der Waals surface area contributed by atoms with Crippen LogP contribution < -0.4 is 4.74 Å². The summed E-state index contributed by atoms with van der Waals surface area (Å²) in [7, 11) is 2.80. The molecule has 140 valence electrons. The second-order valence-electron chi connectivity index (χ2n) is 6.05. The van der Waals surface area contributed by atoms with Gasteiger partial charge in [-0.05, 0) is 24.1 Å². The van der Waals surface area contributed by atoms with Crippen molar-refractivity contribution in [1.82, 2.24) is 0 Å². The number of benzene rings is 2. The summed E-state index contributed by atoms with van der Waals surface area (Å²) < 4.78 is 16.5. The lowest BCUT2D eigenvalue weighted by atomic mass is 9.97. The Kier molecular flexibility index (Phi) is 7.38. The number of methoxy groups -OCH3 is 1. The number of ether oxygens (including phenoxy) is 1. The van der Waals surface area contributed by atoms with Crippen molar-refractivity contribution in [2.45, 2.75) is 25.3 Å². The van der Waals surface area contributed by atoms with E-state index in [1.165, 1.54) is 7.11 Å². The van der Waals surface area contributed by atoms with Gasteiger partial charge in [-0.3, -0.25) is 4.79 Å². The van der Waals surface area contributed by atoms with E-state index in [2.05, 4.69) is 6.92 Å². The highest BCUT2D eigenvalue weighted by Crippen LogP contribution is 2.37. The van der Waals surface area contributed by atoms with Crippen LogP contribution in [0.3, 0.4) is 0 Å². The first-order valence-corrected chi connectivity index (χ1v) is 10.2. The van der Waals surface area contributed by atoms with Crippen LogP contribution in [0.15, 0.2) is 42.5 Å². The van der Waals surface area contributed by atoms with Crippen molar-refractivity contribution >= 4 is 15.1 Å². The molecule has 2 rings (SSSR count). The Morgan fingerprint density at radius 1 is 1.12 bits per heavy atom. The molecule has 0 aliphatic heterocycles. The Balaban J connectivity index is 2.56. The Bertz CT molecular complexity index is 728. The first-order valence-electron chi connectivity index (χ1n) is 8.63. The molecule has 0 spiro atoms. The molecule has 2 aromatic carbocycles. The van der Waals surface area contributed by atoms with Crippen molar-refractivity contribution < 1.29 is 23.5 Å². The molecule has 1 N–H and O–H groups in total. The maximum Gasteiger partial charge on any atom is 0.328 e. The lowest BCUT2D eigenvalue weighted by Crippen LogP contribution is -2.29. The largest absolute Gasteiger partial charge is 0.504 e. The number of ketones is 1. The van der Waals surface area contributed by atoms with Gasteiger partial charge in [-0.2, -0.15) is 0 Å². The van der Waals surface area contributed by atoms with E-state index in [1.807, 2.05) is 6.07 Å². The van der Waals surface area contributed by atoms with Gasteiger partial charge in [0, 0.05) is 25.3 Å². The molecule has 0 radical (unpaired) electrons. The van der Waals surface area contributed by atoms with Gasteiger partial charge in [-0.1, -0.05) is 43.7 Å². The highest BCUT2D eigenvalue weighted by atomic mass is 28.3. The smallest absolute Gasteiger partial charge is 0.328 e. The normalized spacial score (nSPS) is 12.2. The molecule has 1 atom stereocenters. The van der Waals surface area contributed by atoms with Crippen molar-refractivity contribution in [3.63, 3.8) is 0 Å². The average molecular weight is 375 g/mol. The molecule has 0 fully saturated rings. The van der Waals surface area contributed by atoms with Gasteiger partial charge in [-0.25, -0.2) is 0 Å². The Hall–Kier alpha value is -2.15. The highest BCUT2D eigenvalue weighted by molar-refractivity contribution is 6.46. The molecule has 5 nitrogen and oxygen atoms in total. The predicted molar refractivity (Wildman–Crippen MR) is 103 cm³/mol. The van der Waals surface area contributed by atoms with Crippen molar-refractivity contribution in [2.24, 2.45) is 0 Å². The third kappa shape index (κ3) is 4.33. The van der Waals surface area contributed by atoms with E-state index in [9.17, 15) is 9.90 Å². The summed E-state index contributed by atoms with van der Waals surface area (Å²) in [6, 6.07) is 12.4. The summed E-state index contributed by atoms with van der Waals surface area (Å²) in [5.41, 5.74) is 1.68. The van der Waals surface area contributed by atoms with Crippen molar-refractivity contribution in [1.29, 1.82) is 0 Å². The average Bonchev–Trinajstić information content (AvgIpc) is 2.68. The Morgan fingerprint density at radius 2 is 1.77 bits per heavy atom. The standard InChI is InChI=1S/C20H26O5Si/c1-5-9-18(26(24-3)25-4)15-12-16(20(22)17(13-15)23-2)19(21)14-10-7-6-8-11-14/h6-8,10-13,18,22,26H,5,9H2,1-4H3. The van der Waals surface area contributed by atoms with Crippen molar-refractivity contribution in [3.8, 4) is 11.5 Å². The maximum absolute atomic E-state index is 12.9. The van der Waals surface area contributed by atoms with Crippen LogP contribution in [0.25, 0.3) is 0 Å². The highest BCUT2D eigenvalue weighted by Gasteiger charge is 2.28. The first kappa shape index (κ1) is 20.2. The zero-order valence-electron chi connectivity index (χ0n) is 15.7. The van der Waals surface area contributed by atoms with E-state index in [0.717, 1.165) is 18.4 Å². The minimum absolute atomic E-state index is 0.0480. The first-order chi connectivity index (χ1) is 12.6. The van der Waals surface area contributed by atoms with Crippen molar-refractivity contribution in [3.05, 3.63) is 59.2 Å². The van der Waals surface area contributed by atoms with E-state index < -0.39 is 9.28 Å². The number of carbonyl (C=O) groups is 1. The summed E-state index contributed by atoms with van der Waals surface area (Å²) in [5, 5.41) is 10.5. The molecule has 2 aromatic rings. The summed E-state index contributed by atoms with van der Waals surface area (Å²) in [6.07, 6.45) is 1.82. The van der Waals surface area contributed by atoms with Gasteiger partial charge in [0.15, 0.2) is 17.3 Å². The molecule has 0 saturated heterocycles. The minimum Gasteiger partial charge on any atom is -0.504 e. The lowest BCUT2D eigenvalue weighted by molar-refractivity contribution is 0.103. The van der Waals surface area contributed by atoms with Gasteiger partial charge in [0.2, 0.25) is 0 Å². The molecule has 26 heavy (non-hydrogen) atoms. The van der Waals surface area contributed by atoms with Crippen LogP contribution in [0.5, 0.6) is 11.5 Å². The molecule has 1 unspecified atom stereocenters.